The molecule has 0 aliphatic heterocycles. The third kappa shape index (κ3) is 3.43. The Labute approximate surface area is 153 Å². The number of carbonyl (C=O) groups excluding carboxylic acids is 1. The molecule has 0 spiro atoms. The largest absolute Gasteiger partial charge is 0.490 e. The summed E-state index contributed by atoms with van der Waals surface area (Å²) in [4.78, 5) is 16.8. The van der Waals surface area contributed by atoms with Crippen LogP contribution in [0.1, 0.15) is 41.7 Å². The molecule has 134 valence electrons. The van der Waals surface area contributed by atoms with E-state index in [2.05, 4.69) is 10.3 Å². The van der Waals surface area contributed by atoms with Crippen molar-refractivity contribution in [2.45, 2.75) is 44.8 Å². The van der Waals surface area contributed by atoms with Crippen molar-refractivity contribution < 1.29 is 9.53 Å². The Kier molecular flexibility index (Phi) is 4.61. The van der Waals surface area contributed by atoms with Crippen LogP contribution in [0.5, 0.6) is 5.75 Å². The van der Waals surface area contributed by atoms with Gasteiger partial charge in [0, 0.05) is 11.7 Å². The van der Waals surface area contributed by atoms with E-state index >= 15 is 0 Å². The van der Waals surface area contributed by atoms with Crippen molar-refractivity contribution in [3.05, 3.63) is 66.2 Å². The highest BCUT2D eigenvalue weighted by molar-refractivity contribution is 5.95. The maximum absolute atomic E-state index is 12.7. The molecule has 2 heterocycles. The second-order valence-electron chi connectivity index (χ2n) is 6.90. The molecular formula is C21H23N3O2. The van der Waals surface area contributed by atoms with Gasteiger partial charge in [0.05, 0.1) is 29.7 Å². The number of imidazole rings is 1. The lowest BCUT2D eigenvalue weighted by atomic mass is 9.92. The van der Waals surface area contributed by atoms with Crippen molar-refractivity contribution >= 4 is 11.4 Å². The van der Waals surface area contributed by atoms with E-state index in [9.17, 15) is 4.79 Å². The molecule has 1 saturated carbocycles. The van der Waals surface area contributed by atoms with Crippen LogP contribution in [0.4, 0.5) is 0 Å². The van der Waals surface area contributed by atoms with Gasteiger partial charge < -0.3 is 14.5 Å². The summed E-state index contributed by atoms with van der Waals surface area (Å²) in [5.74, 6) is 0.912. The molecule has 1 amide bonds. The van der Waals surface area contributed by atoms with Gasteiger partial charge in [-0.15, -0.1) is 0 Å². The van der Waals surface area contributed by atoms with Crippen LogP contribution in [0.15, 0.2) is 55.0 Å². The maximum Gasteiger partial charge on any atom is 0.253 e. The van der Waals surface area contributed by atoms with Crippen LogP contribution < -0.4 is 10.1 Å². The molecule has 0 atom stereocenters. The van der Waals surface area contributed by atoms with Gasteiger partial charge in [-0.25, -0.2) is 4.98 Å². The average Bonchev–Trinajstić information content (AvgIpc) is 3.14. The summed E-state index contributed by atoms with van der Waals surface area (Å²) >= 11 is 0. The Morgan fingerprint density at radius 1 is 1.12 bits per heavy atom. The number of hydrogen-bond donors (Lipinski definition) is 1. The minimum absolute atomic E-state index is 0.00877. The highest BCUT2D eigenvalue weighted by Gasteiger charge is 2.24. The monoisotopic (exact) mass is 349 g/mol. The molecule has 1 fully saturated rings. The first-order chi connectivity index (χ1) is 12.7. The third-order valence-corrected chi connectivity index (χ3v) is 5.14. The fourth-order valence-electron chi connectivity index (χ4n) is 3.65. The highest BCUT2D eigenvalue weighted by Crippen LogP contribution is 2.24. The molecule has 1 N–H and O–H groups in total. The van der Waals surface area contributed by atoms with Gasteiger partial charge in [0.15, 0.2) is 0 Å². The van der Waals surface area contributed by atoms with Crippen LogP contribution in [0, 0.1) is 6.92 Å². The van der Waals surface area contributed by atoms with Gasteiger partial charge in [-0.2, -0.15) is 0 Å². The quantitative estimate of drug-likeness (QED) is 0.780. The first-order valence-corrected chi connectivity index (χ1v) is 9.15. The summed E-state index contributed by atoms with van der Waals surface area (Å²) in [6.07, 6.45) is 7.56. The Morgan fingerprint density at radius 2 is 1.88 bits per heavy atom. The van der Waals surface area contributed by atoms with Gasteiger partial charge in [0.1, 0.15) is 5.75 Å². The lowest BCUT2D eigenvalue weighted by molar-refractivity contribution is 0.0893. The number of hydrogen-bond acceptors (Lipinski definition) is 3. The molecule has 0 radical (unpaired) electrons. The summed E-state index contributed by atoms with van der Waals surface area (Å²) in [6, 6.07) is 14.0. The summed E-state index contributed by atoms with van der Waals surface area (Å²) < 4.78 is 7.97. The summed E-state index contributed by atoms with van der Waals surface area (Å²) in [5, 5.41) is 3.19. The van der Waals surface area contributed by atoms with Crippen LogP contribution in [-0.2, 0) is 0 Å². The molecule has 0 unspecified atom stereocenters. The smallest absolute Gasteiger partial charge is 0.253 e. The molecule has 1 aliphatic carbocycles. The number of para-hydroxylation sites is 1. The van der Waals surface area contributed by atoms with Gasteiger partial charge in [-0.05, 0) is 56.9 Å². The maximum atomic E-state index is 12.7. The Hall–Kier alpha value is -2.82. The molecule has 5 nitrogen and oxygen atoms in total. The fraction of sp³-hybridized carbons (Fsp3) is 0.333. The Bertz CT molecular complexity index is 896. The van der Waals surface area contributed by atoms with Crippen molar-refractivity contribution in [1.29, 1.82) is 0 Å². The minimum Gasteiger partial charge on any atom is -0.490 e. The molecule has 5 heteroatoms. The fourth-order valence-corrected chi connectivity index (χ4v) is 3.65. The average molecular weight is 349 g/mol. The number of rotatable bonds is 4. The lowest BCUT2D eigenvalue weighted by Crippen LogP contribution is -2.40. The van der Waals surface area contributed by atoms with Crippen LogP contribution in [0.3, 0.4) is 0 Å². The Balaban J connectivity index is 1.35. The number of aromatic nitrogens is 2. The van der Waals surface area contributed by atoms with Crippen molar-refractivity contribution in [3.8, 4) is 5.75 Å². The first kappa shape index (κ1) is 16.6. The van der Waals surface area contributed by atoms with Crippen molar-refractivity contribution in [1.82, 2.24) is 14.7 Å². The molecule has 2 aromatic heterocycles. The second-order valence-corrected chi connectivity index (χ2v) is 6.90. The van der Waals surface area contributed by atoms with Crippen LogP contribution in [-0.4, -0.2) is 27.4 Å². The summed E-state index contributed by atoms with van der Waals surface area (Å²) in [6.45, 7) is 1.95. The zero-order valence-corrected chi connectivity index (χ0v) is 14.9. The summed E-state index contributed by atoms with van der Waals surface area (Å²) in [5.41, 5.74) is 2.62. The van der Waals surface area contributed by atoms with Crippen LogP contribution >= 0.6 is 0 Å². The zero-order valence-electron chi connectivity index (χ0n) is 14.9. The number of benzene rings is 1. The van der Waals surface area contributed by atoms with Gasteiger partial charge in [-0.3, -0.25) is 4.79 Å². The van der Waals surface area contributed by atoms with Crippen LogP contribution in [0.25, 0.3) is 5.52 Å². The minimum atomic E-state index is -0.00877. The molecule has 1 aliphatic rings. The van der Waals surface area contributed by atoms with Crippen molar-refractivity contribution in [2.24, 2.45) is 0 Å². The molecule has 4 rings (SSSR count). The number of fused-ring (bicyclic) bond motifs is 1. The van der Waals surface area contributed by atoms with E-state index in [0.717, 1.165) is 42.6 Å². The molecule has 26 heavy (non-hydrogen) atoms. The molecule has 0 bridgehead atoms. The van der Waals surface area contributed by atoms with Gasteiger partial charge >= 0.3 is 0 Å². The number of carbonyl (C=O) groups is 1. The van der Waals surface area contributed by atoms with E-state index in [1.807, 2.05) is 53.8 Å². The Morgan fingerprint density at radius 3 is 2.65 bits per heavy atom. The second kappa shape index (κ2) is 7.20. The van der Waals surface area contributed by atoms with E-state index in [4.69, 9.17) is 4.74 Å². The lowest BCUT2D eigenvalue weighted by Gasteiger charge is -2.29. The predicted molar refractivity (Wildman–Crippen MR) is 101 cm³/mol. The highest BCUT2D eigenvalue weighted by atomic mass is 16.5. The standard InChI is InChI=1S/C21H23N3O2/c1-15-20(12-9-17-13-22-14-24(15)17)21(25)23-16-7-10-19(11-8-16)26-18-5-3-2-4-6-18/h2-6,9,12-14,16,19H,7-8,10-11H2,1H3,(H,23,25). The van der Waals surface area contributed by atoms with Gasteiger partial charge in [0.2, 0.25) is 0 Å². The predicted octanol–water partition coefficient (Wildman–Crippen LogP) is 3.76. The SMILES string of the molecule is Cc1c(C(=O)NC2CCC(Oc3ccccc3)CC2)ccc2cncn12. The third-order valence-electron chi connectivity index (χ3n) is 5.14. The number of aryl methyl sites for hydroxylation is 1. The van der Waals surface area contributed by atoms with Crippen LogP contribution in [0.2, 0.25) is 0 Å². The van der Waals surface area contributed by atoms with E-state index in [1.54, 1.807) is 12.5 Å². The number of ether oxygens (including phenoxy) is 1. The topological polar surface area (TPSA) is 55.6 Å². The van der Waals surface area contributed by atoms with E-state index in [1.165, 1.54) is 0 Å². The number of nitrogens with zero attached hydrogens (tertiary/aromatic N) is 2. The number of pyridine rings is 1. The van der Waals surface area contributed by atoms with Gasteiger partial charge in [0.25, 0.3) is 5.91 Å². The van der Waals surface area contributed by atoms with E-state index < -0.39 is 0 Å². The first-order valence-electron chi connectivity index (χ1n) is 9.15. The molecular weight excluding hydrogens is 326 g/mol. The molecule has 0 saturated heterocycles. The van der Waals surface area contributed by atoms with E-state index in [-0.39, 0.29) is 18.1 Å². The number of nitrogens with one attached hydrogen (secondary N) is 1. The molecule has 3 aromatic rings. The summed E-state index contributed by atoms with van der Waals surface area (Å²) in [7, 11) is 0. The van der Waals surface area contributed by atoms with Crippen molar-refractivity contribution in [3.63, 3.8) is 0 Å². The van der Waals surface area contributed by atoms with Crippen molar-refractivity contribution in [2.75, 3.05) is 0 Å². The zero-order chi connectivity index (χ0) is 17.9. The molecule has 1 aromatic carbocycles. The van der Waals surface area contributed by atoms with Gasteiger partial charge in [-0.1, -0.05) is 18.2 Å². The normalized spacial score (nSPS) is 20.0. The number of amides is 1. The van der Waals surface area contributed by atoms with E-state index in [0.29, 0.717) is 5.56 Å².